The molecule has 0 aliphatic rings. The highest BCUT2D eigenvalue weighted by atomic mass is 32.1. The van der Waals surface area contributed by atoms with Gasteiger partial charge < -0.3 is 4.57 Å². The highest BCUT2D eigenvalue weighted by Crippen LogP contribution is 2.47. The van der Waals surface area contributed by atoms with Crippen molar-refractivity contribution in [2.75, 3.05) is 0 Å². The van der Waals surface area contributed by atoms with Gasteiger partial charge in [0.15, 0.2) is 0 Å². The van der Waals surface area contributed by atoms with Crippen LogP contribution in [0.2, 0.25) is 0 Å². The molecule has 0 bridgehead atoms. The van der Waals surface area contributed by atoms with E-state index >= 15 is 0 Å². The molecule has 0 aliphatic carbocycles. The fourth-order valence-electron chi connectivity index (χ4n) is 10.4. The Kier molecular flexibility index (Phi) is 7.96. The molecule has 14 aromatic rings. The first kappa shape index (κ1) is 36.2. The van der Waals surface area contributed by atoms with Crippen LogP contribution in [0.1, 0.15) is 0 Å². The van der Waals surface area contributed by atoms with E-state index in [4.69, 9.17) is 0 Å². The van der Waals surface area contributed by atoms with Gasteiger partial charge in [0.1, 0.15) is 0 Å². The lowest BCUT2D eigenvalue weighted by molar-refractivity contribution is 1.18. The number of para-hydroxylation sites is 1. The summed E-state index contributed by atoms with van der Waals surface area (Å²) in [6.07, 6.45) is 0. The van der Waals surface area contributed by atoms with Crippen molar-refractivity contribution in [1.29, 1.82) is 0 Å². The lowest BCUT2D eigenvalue weighted by Gasteiger charge is -2.17. The van der Waals surface area contributed by atoms with Crippen LogP contribution in [0.3, 0.4) is 0 Å². The molecule has 0 fully saturated rings. The van der Waals surface area contributed by atoms with Crippen molar-refractivity contribution in [3.05, 3.63) is 212 Å². The molecule has 4 aromatic heterocycles. The van der Waals surface area contributed by atoms with Crippen LogP contribution in [0.25, 0.3) is 133 Å². The predicted molar refractivity (Wildman–Crippen MR) is 281 cm³/mol. The Bertz CT molecular complexity index is 4040. The monoisotopic (exact) mass is 865 g/mol. The van der Waals surface area contributed by atoms with Crippen LogP contribution in [-0.4, -0.2) is 4.57 Å². The smallest absolute Gasteiger partial charge is 0.0541 e. The third kappa shape index (κ3) is 5.34. The number of rotatable bonds is 5. The molecular weight excluding hydrogens is 831 g/mol. The van der Waals surface area contributed by atoms with Gasteiger partial charge in [0, 0.05) is 82.4 Å². The first-order chi connectivity index (χ1) is 31.7. The third-order valence-electron chi connectivity index (χ3n) is 13.3. The standard InChI is InChI=1S/C60H35NS3/c1-2-15-41(46-22-13-25-49-45-19-6-10-29-57(45)64-60(46)49)40(14-1)42-16-3-7-26-52(42)61-53-32-30-36(38-20-11-23-47-43-17-4-8-27-55(43)62-58(38)47)34-50(53)51-35-37(31-33-54(51)61)39-21-12-24-48-44-18-5-9-28-56(44)63-59(39)48/h1-35H. The molecule has 0 amide bonds. The van der Waals surface area contributed by atoms with Gasteiger partial charge in [-0.05, 0) is 81.9 Å². The van der Waals surface area contributed by atoms with Gasteiger partial charge in [-0.1, -0.05) is 164 Å². The summed E-state index contributed by atoms with van der Waals surface area (Å²) in [5, 5.41) is 10.4. The molecule has 0 radical (unpaired) electrons. The van der Waals surface area contributed by atoms with Gasteiger partial charge >= 0.3 is 0 Å². The molecule has 0 N–H and O–H groups in total. The van der Waals surface area contributed by atoms with E-state index in [9.17, 15) is 0 Å². The molecule has 4 heterocycles. The fraction of sp³-hybridized carbons (Fsp3) is 0. The second-order valence-electron chi connectivity index (χ2n) is 16.7. The molecule has 0 saturated heterocycles. The van der Waals surface area contributed by atoms with Crippen LogP contribution < -0.4 is 0 Å². The van der Waals surface area contributed by atoms with Gasteiger partial charge in [0.2, 0.25) is 0 Å². The largest absolute Gasteiger partial charge is 0.309 e. The van der Waals surface area contributed by atoms with Crippen LogP contribution in [0.4, 0.5) is 0 Å². The minimum Gasteiger partial charge on any atom is -0.309 e. The van der Waals surface area contributed by atoms with Crippen LogP contribution in [0.5, 0.6) is 0 Å². The van der Waals surface area contributed by atoms with E-state index in [0.29, 0.717) is 0 Å². The summed E-state index contributed by atoms with van der Waals surface area (Å²) >= 11 is 5.68. The summed E-state index contributed by atoms with van der Waals surface area (Å²) in [5.41, 5.74) is 13.5. The Morgan fingerprint density at radius 1 is 0.250 bits per heavy atom. The number of aromatic nitrogens is 1. The number of fused-ring (bicyclic) bond motifs is 12. The number of nitrogens with zero attached hydrogens (tertiary/aromatic N) is 1. The highest BCUT2D eigenvalue weighted by Gasteiger charge is 2.21. The van der Waals surface area contributed by atoms with Gasteiger partial charge in [0.05, 0.1) is 16.7 Å². The Morgan fingerprint density at radius 3 is 1.11 bits per heavy atom. The van der Waals surface area contributed by atoms with Crippen molar-refractivity contribution in [2.45, 2.75) is 0 Å². The quantitative estimate of drug-likeness (QED) is 0.162. The third-order valence-corrected chi connectivity index (χ3v) is 16.9. The minimum atomic E-state index is 1.16. The van der Waals surface area contributed by atoms with Crippen molar-refractivity contribution in [1.82, 2.24) is 4.57 Å². The summed E-state index contributed by atoms with van der Waals surface area (Å²) < 4.78 is 10.5. The van der Waals surface area contributed by atoms with Crippen LogP contribution in [0.15, 0.2) is 212 Å². The molecule has 0 unspecified atom stereocenters. The van der Waals surface area contributed by atoms with Crippen LogP contribution in [-0.2, 0) is 0 Å². The number of hydrogen-bond acceptors (Lipinski definition) is 3. The zero-order chi connectivity index (χ0) is 41.9. The van der Waals surface area contributed by atoms with E-state index in [0.717, 1.165) is 5.69 Å². The molecule has 0 atom stereocenters. The topological polar surface area (TPSA) is 4.93 Å². The maximum atomic E-state index is 2.52. The van der Waals surface area contributed by atoms with Gasteiger partial charge in [-0.3, -0.25) is 0 Å². The van der Waals surface area contributed by atoms with Crippen LogP contribution in [0, 0.1) is 0 Å². The number of benzene rings is 10. The first-order valence-electron chi connectivity index (χ1n) is 21.7. The number of hydrogen-bond donors (Lipinski definition) is 0. The number of thiophene rings is 3. The minimum absolute atomic E-state index is 1.16. The molecule has 14 rings (SSSR count). The maximum absolute atomic E-state index is 2.52. The summed E-state index contributed by atoms with van der Waals surface area (Å²) in [6.45, 7) is 0. The van der Waals surface area contributed by atoms with Crippen molar-refractivity contribution in [2.24, 2.45) is 0 Å². The SMILES string of the molecule is c1ccc(-c2cccc3c2sc2ccccc23)c(-c2ccccc2-n2c3ccc(-c4cccc5c4sc4ccccc45)cc3c3cc(-c4cccc5c4sc4ccccc45)ccc32)c1. The lowest BCUT2D eigenvalue weighted by atomic mass is 9.92. The second kappa shape index (κ2) is 14.1. The van der Waals surface area contributed by atoms with Crippen molar-refractivity contribution in [3.8, 4) is 50.2 Å². The molecule has 0 aliphatic heterocycles. The average Bonchev–Trinajstić information content (AvgIpc) is 4.13. The molecular formula is C60H35NS3. The molecule has 10 aromatic carbocycles. The lowest BCUT2D eigenvalue weighted by Crippen LogP contribution is -1.98. The zero-order valence-corrected chi connectivity index (χ0v) is 36.8. The first-order valence-corrected chi connectivity index (χ1v) is 24.2. The summed E-state index contributed by atoms with van der Waals surface area (Å²) in [5.74, 6) is 0. The molecule has 0 spiro atoms. The van der Waals surface area contributed by atoms with Crippen molar-refractivity contribution in [3.63, 3.8) is 0 Å². The zero-order valence-electron chi connectivity index (χ0n) is 34.4. The maximum Gasteiger partial charge on any atom is 0.0541 e. The van der Waals surface area contributed by atoms with E-state index < -0.39 is 0 Å². The van der Waals surface area contributed by atoms with Crippen molar-refractivity contribution < 1.29 is 0 Å². The van der Waals surface area contributed by atoms with E-state index in [1.807, 2.05) is 34.0 Å². The van der Waals surface area contributed by atoms with E-state index in [2.05, 4.69) is 217 Å². The van der Waals surface area contributed by atoms with Gasteiger partial charge in [-0.15, -0.1) is 34.0 Å². The molecule has 298 valence electrons. The molecule has 4 heteroatoms. The average molecular weight is 866 g/mol. The normalized spacial score (nSPS) is 12.1. The summed E-state index contributed by atoms with van der Waals surface area (Å²) in [6, 6.07) is 79.1. The van der Waals surface area contributed by atoms with E-state index in [-0.39, 0.29) is 0 Å². The Balaban J connectivity index is 1.02. The van der Waals surface area contributed by atoms with Gasteiger partial charge in [-0.2, -0.15) is 0 Å². The highest BCUT2D eigenvalue weighted by molar-refractivity contribution is 7.27. The fourth-order valence-corrected chi connectivity index (χ4v) is 14.1. The second-order valence-corrected chi connectivity index (χ2v) is 19.9. The Labute approximate surface area is 381 Å². The molecule has 1 nitrogen and oxygen atoms in total. The van der Waals surface area contributed by atoms with E-state index in [1.165, 1.54) is 127 Å². The van der Waals surface area contributed by atoms with Crippen LogP contribution >= 0.6 is 34.0 Å². The van der Waals surface area contributed by atoms with Gasteiger partial charge in [-0.25, -0.2) is 0 Å². The van der Waals surface area contributed by atoms with Crippen molar-refractivity contribution >= 4 is 116 Å². The predicted octanol–water partition coefficient (Wildman–Crippen LogP) is 18.6. The van der Waals surface area contributed by atoms with Gasteiger partial charge in [0.25, 0.3) is 0 Å². The molecule has 64 heavy (non-hydrogen) atoms. The molecule has 0 saturated carbocycles. The Hall–Kier alpha value is -7.34. The summed E-state index contributed by atoms with van der Waals surface area (Å²) in [4.78, 5) is 0. The summed E-state index contributed by atoms with van der Waals surface area (Å²) in [7, 11) is 0. The van der Waals surface area contributed by atoms with E-state index in [1.54, 1.807) is 0 Å². The Morgan fingerprint density at radius 2 is 0.609 bits per heavy atom.